The first-order valence-corrected chi connectivity index (χ1v) is 9.89. The zero-order valence-corrected chi connectivity index (χ0v) is 16.7. The minimum atomic E-state index is -0.184. The molecule has 8 nitrogen and oxygen atoms in total. The van der Waals surface area contributed by atoms with Gasteiger partial charge in [-0.2, -0.15) is 0 Å². The highest BCUT2D eigenvalue weighted by molar-refractivity contribution is 5.84. The molecule has 0 unspecified atom stereocenters. The van der Waals surface area contributed by atoms with Crippen LogP contribution < -0.4 is 15.6 Å². The number of rotatable bonds is 8. The Labute approximate surface area is 172 Å². The zero-order chi connectivity index (χ0) is 20.9. The Bertz CT molecular complexity index is 1240. The van der Waals surface area contributed by atoms with E-state index in [1.165, 1.54) is 4.68 Å². The summed E-state index contributed by atoms with van der Waals surface area (Å²) in [5.41, 5.74) is 2.56. The average Bonchev–Trinajstić information content (AvgIpc) is 3.17. The number of aromatic nitrogens is 4. The standard InChI is InChI=1S/C22H23N5O3/c1-30-16-8-9-19-18(13-16)15(14-24-19)10-11-23-21(28)7-4-12-27-22(29)17-5-2-3-6-20(17)25-26-27/h2-3,5-6,8-9,13-14,24H,4,7,10-12H2,1H3,(H,23,28). The Kier molecular flexibility index (Phi) is 5.74. The van der Waals surface area contributed by atoms with Gasteiger partial charge in [-0.05, 0) is 48.7 Å². The molecule has 154 valence electrons. The summed E-state index contributed by atoms with van der Waals surface area (Å²) in [7, 11) is 1.64. The SMILES string of the molecule is COc1ccc2[nH]cc(CCNC(=O)CCCn3nnc4ccccc4c3=O)c2c1. The van der Waals surface area contributed by atoms with E-state index in [9.17, 15) is 9.59 Å². The van der Waals surface area contributed by atoms with Crippen LogP contribution in [0, 0.1) is 0 Å². The lowest BCUT2D eigenvalue weighted by atomic mass is 10.1. The molecular formula is C22H23N5O3. The first kappa shape index (κ1) is 19.6. The van der Waals surface area contributed by atoms with Gasteiger partial charge in [0, 0.05) is 36.6 Å². The van der Waals surface area contributed by atoms with Crippen molar-refractivity contribution in [1.29, 1.82) is 0 Å². The van der Waals surface area contributed by atoms with Crippen molar-refractivity contribution in [3.8, 4) is 5.75 Å². The molecule has 0 bridgehead atoms. The molecule has 0 saturated heterocycles. The maximum atomic E-state index is 12.4. The highest BCUT2D eigenvalue weighted by atomic mass is 16.5. The van der Waals surface area contributed by atoms with E-state index in [0.29, 0.717) is 43.3 Å². The van der Waals surface area contributed by atoms with Crippen LogP contribution in [0.2, 0.25) is 0 Å². The van der Waals surface area contributed by atoms with Crippen LogP contribution in [0.4, 0.5) is 0 Å². The van der Waals surface area contributed by atoms with Gasteiger partial charge in [0.15, 0.2) is 0 Å². The van der Waals surface area contributed by atoms with Crippen LogP contribution in [0.5, 0.6) is 5.75 Å². The second kappa shape index (κ2) is 8.77. The van der Waals surface area contributed by atoms with Crippen LogP contribution in [0.3, 0.4) is 0 Å². The zero-order valence-electron chi connectivity index (χ0n) is 16.7. The van der Waals surface area contributed by atoms with E-state index in [0.717, 1.165) is 22.2 Å². The van der Waals surface area contributed by atoms with Crippen LogP contribution in [0.1, 0.15) is 18.4 Å². The van der Waals surface area contributed by atoms with Crippen molar-refractivity contribution < 1.29 is 9.53 Å². The van der Waals surface area contributed by atoms with E-state index in [2.05, 4.69) is 20.6 Å². The smallest absolute Gasteiger partial charge is 0.277 e. The van der Waals surface area contributed by atoms with E-state index >= 15 is 0 Å². The number of H-pyrrole nitrogens is 1. The molecule has 0 radical (unpaired) electrons. The lowest BCUT2D eigenvalue weighted by Gasteiger charge is -2.07. The van der Waals surface area contributed by atoms with Crippen molar-refractivity contribution in [2.24, 2.45) is 0 Å². The monoisotopic (exact) mass is 405 g/mol. The molecule has 0 spiro atoms. The fourth-order valence-electron chi connectivity index (χ4n) is 3.48. The molecule has 2 aromatic carbocycles. The van der Waals surface area contributed by atoms with E-state index in [-0.39, 0.29) is 11.5 Å². The van der Waals surface area contributed by atoms with Crippen molar-refractivity contribution in [2.45, 2.75) is 25.8 Å². The summed E-state index contributed by atoms with van der Waals surface area (Å²) in [6.07, 6.45) is 3.52. The highest BCUT2D eigenvalue weighted by Crippen LogP contribution is 2.23. The minimum absolute atomic E-state index is 0.0470. The van der Waals surface area contributed by atoms with E-state index in [1.54, 1.807) is 25.3 Å². The van der Waals surface area contributed by atoms with Gasteiger partial charge in [0.2, 0.25) is 5.91 Å². The van der Waals surface area contributed by atoms with Crippen LogP contribution >= 0.6 is 0 Å². The molecule has 0 aliphatic rings. The number of hydrogen-bond donors (Lipinski definition) is 2. The van der Waals surface area contributed by atoms with Gasteiger partial charge in [-0.15, -0.1) is 5.10 Å². The topological polar surface area (TPSA) is 102 Å². The van der Waals surface area contributed by atoms with Gasteiger partial charge in [0.1, 0.15) is 11.3 Å². The third-order valence-corrected chi connectivity index (χ3v) is 5.09. The fraction of sp³-hybridized carbons (Fsp3) is 0.273. The number of carbonyl (C=O) groups excluding carboxylic acids is 1. The Morgan fingerprint density at radius 1 is 1.20 bits per heavy atom. The van der Waals surface area contributed by atoms with Crippen LogP contribution in [0.15, 0.2) is 53.5 Å². The molecule has 0 saturated carbocycles. The third-order valence-electron chi connectivity index (χ3n) is 5.09. The molecule has 4 rings (SSSR count). The average molecular weight is 405 g/mol. The molecule has 2 N–H and O–H groups in total. The number of amides is 1. The van der Waals surface area contributed by atoms with Gasteiger partial charge in [0.05, 0.1) is 12.5 Å². The largest absolute Gasteiger partial charge is 0.497 e. The molecule has 2 heterocycles. The van der Waals surface area contributed by atoms with Crippen molar-refractivity contribution in [3.63, 3.8) is 0 Å². The van der Waals surface area contributed by atoms with E-state index < -0.39 is 0 Å². The Balaban J connectivity index is 1.27. The molecule has 1 amide bonds. The molecular weight excluding hydrogens is 382 g/mol. The number of ether oxygens (including phenoxy) is 1. The lowest BCUT2D eigenvalue weighted by Crippen LogP contribution is -2.27. The number of aromatic amines is 1. The van der Waals surface area contributed by atoms with Gasteiger partial charge in [-0.3, -0.25) is 9.59 Å². The number of methoxy groups -OCH3 is 1. The van der Waals surface area contributed by atoms with Crippen molar-refractivity contribution in [2.75, 3.05) is 13.7 Å². The van der Waals surface area contributed by atoms with Crippen LogP contribution in [-0.2, 0) is 17.8 Å². The summed E-state index contributed by atoms with van der Waals surface area (Å²) >= 11 is 0. The number of nitrogens with one attached hydrogen (secondary N) is 2. The summed E-state index contributed by atoms with van der Waals surface area (Å²) in [6, 6.07) is 13.0. The Morgan fingerprint density at radius 3 is 2.93 bits per heavy atom. The third kappa shape index (κ3) is 4.17. The first-order valence-electron chi connectivity index (χ1n) is 9.89. The summed E-state index contributed by atoms with van der Waals surface area (Å²) in [5, 5.41) is 12.6. The van der Waals surface area contributed by atoms with Crippen molar-refractivity contribution in [1.82, 2.24) is 25.3 Å². The maximum absolute atomic E-state index is 12.4. The molecule has 4 aromatic rings. The first-order chi connectivity index (χ1) is 14.7. The predicted molar refractivity (Wildman–Crippen MR) is 115 cm³/mol. The molecule has 8 heteroatoms. The van der Waals surface area contributed by atoms with E-state index in [1.807, 2.05) is 30.5 Å². The normalized spacial score (nSPS) is 11.1. The van der Waals surface area contributed by atoms with Crippen LogP contribution in [0.25, 0.3) is 21.8 Å². The number of hydrogen-bond acceptors (Lipinski definition) is 5. The summed E-state index contributed by atoms with van der Waals surface area (Å²) in [4.78, 5) is 27.8. The predicted octanol–water partition coefficient (Wildman–Crippen LogP) is 2.42. The van der Waals surface area contributed by atoms with E-state index in [4.69, 9.17) is 4.74 Å². The second-order valence-electron chi connectivity index (χ2n) is 7.06. The molecule has 0 fully saturated rings. The molecule has 0 atom stereocenters. The van der Waals surface area contributed by atoms with Gasteiger partial charge in [0.25, 0.3) is 5.56 Å². The lowest BCUT2D eigenvalue weighted by molar-refractivity contribution is -0.121. The van der Waals surface area contributed by atoms with Gasteiger partial charge in [-0.1, -0.05) is 17.3 Å². The summed E-state index contributed by atoms with van der Waals surface area (Å²) < 4.78 is 6.60. The summed E-state index contributed by atoms with van der Waals surface area (Å²) in [6.45, 7) is 0.894. The Morgan fingerprint density at radius 2 is 2.07 bits per heavy atom. The second-order valence-corrected chi connectivity index (χ2v) is 7.06. The van der Waals surface area contributed by atoms with Crippen molar-refractivity contribution in [3.05, 3.63) is 64.6 Å². The molecule has 0 aliphatic carbocycles. The van der Waals surface area contributed by atoms with Crippen molar-refractivity contribution >= 4 is 27.7 Å². The number of aryl methyl sites for hydroxylation is 1. The summed E-state index contributed by atoms with van der Waals surface area (Å²) in [5.74, 6) is 0.758. The van der Waals surface area contributed by atoms with Gasteiger partial charge >= 0.3 is 0 Å². The fourth-order valence-corrected chi connectivity index (χ4v) is 3.48. The molecule has 2 aromatic heterocycles. The number of benzene rings is 2. The minimum Gasteiger partial charge on any atom is -0.497 e. The maximum Gasteiger partial charge on any atom is 0.277 e. The Hall–Kier alpha value is -3.68. The van der Waals surface area contributed by atoms with Gasteiger partial charge in [-0.25, -0.2) is 4.68 Å². The molecule has 30 heavy (non-hydrogen) atoms. The van der Waals surface area contributed by atoms with Crippen LogP contribution in [-0.4, -0.2) is 39.5 Å². The number of nitrogens with zero attached hydrogens (tertiary/aromatic N) is 3. The number of fused-ring (bicyclic) bond motifs is 2. The molecule has 0 aliphatic heterocycles. The van der Waals surface area contributed by atoms with Gasteiger partial charge < -0.3 is 15.0 Å². The quantitative estimate of drug-likeness (QED) is 0.469. The highest BCUT2D eigenvalue weighted by Gasteiger charge is 2.08. The number of carbonyl (C=O) groups is 1.